The van der Waals surface area contributed by atoms with Gasteiger partial charge in [0.25, 0.3) is 0 Å². The third-order valence-corrected chi connectivity index (χ3v) is 13.7. The first-order chi connectivity index (χ1) is 41.2. The van der Waals surface area contributed by atoms with E-state index in [1.54, 1.807) is 108 Å². The SMILES string of the molecule is CC(C)(C)OC(=O)C[C@H](NC(=O)[C@@H]1CCCCNC(=O)CCCCC(=O)NCCCC[C@H](NC(=O)[C@H](Cc2ccc(O)cc2)NC(=O)OC(C)(C)C)C(=O)NCC(=O)N[C@@H](Cc2c[nH]c3ccccc23)C(=O)N1)C(=O)N[C@@H](Cc1ccccc1)C(N)=O. The van der Waals surface area contributed by atoms with Crippen molar-refractivity contribution in [1.29, 1.82) is 0 Å². The van der Waals surface area contributed by atoms with E-state index in [0.717, 1.165) is 0 Å². The number of aromatic hydroxyl groups is 1. The van der Waals surface area contributed by atoms with Crippen LogP contribution in [-0.4, -0.2) is 142 Å². The van der Waals surface area contributed by atoms with Crippen LogP contribution in [0.3, 0.4) is 0 Å². The number of fused-ring (bicyclic) bond motifs is 1. The Morgan fingerprint density at radius 2 is 1.22 bits per heavy atom. The van der Waals surface area contributed by atoms with Gasteiger partial charge < -0.3 is 73.1 Å². The minimum atomic E-state index is -1.67. The summed E-state index contributed by atoms with van der Waals surface area (Å²) in [6.07, 6.45) is 1.91. The van der Waals surface area contributed by atoms with Gasteiger partial charge in [0.15, 0.2) is 0 Å². The van der Waals surface area contributed by atoms with Crippen LogP contribution < -0.4 is 53.6 Å². The fraction of sp³-hybridized carbons (Fsp3) is 0.500. The minimum Gasteiger partial charge on any atom is -0.508 e. The number of hydrogen-bond acceptors (Lipinski definition) is 14. The number of hydrogen-bond donors (Lipinski definition) is 12. The number of esters is 1. The van der Waals surface area contributed by atoms with Crippen molar-refractivity contribution in [3.63, 3.8) is 0 Å². The standard InChI is InChI=1S/C62H85N11O14/c1-61(2,3)86-53(78)35-49(59(84)71-46(54(63)79)32-38-18-8-7-9-19-38)72-56(81)45-23-15-17-31-65-51(76)25-13-12-24-50(75)64-30-16-14-22-44(69-57(82)47(73-60(85)87-62(4,5)6)33-39-26-28-41(74)29-27-39)55(80)67-37-52(77)68-48(58(83)70-45)34-40-36-66-43-21-11-10-20-42(40)43/h7-11,18-21,26-29,36,44-49,66,74H,12-17,22-25,30-35,37H2,1-6H3,(H2,63,79)(H,64,75)(H,65,76)(H,67,80)(H,68,77)(H,69,82)(H,70,83)(H,71,84)(H,72,81)(H,73,85)/t44-,45-,46-,47-,48-,49-/m0/s1. The molecule has 1 aliphatic rings. The molecular weight excluding hydrogens is 1120 g/mol. The van der Waals surface area contributed by atoms with E-state index in [9.17, 15) is 57.8 Å². The van der Waals surface area contributed by atoms with Gasteiger partial charge >= 0.3 is 12.1 Å². The van der Waals surface area contributed by atoms with Crippen LogP contribution in [-0.2, 0) is 76.7 Å². The second-order valence-electron chi connectivity index (χ2n) is 23.5. The van der Waals surface area contributed by atoms with Crippen molar-refractivity contribution in [2.24, 2.45) is 5.73 Å². The van der Waals surface area contributed by atoms with Gasteiger partial charge in [-0.2, -0.15) is 0 Å². The van der Waals surface area contributed by atoms with Gasteiger partial charge in [-0.1, -0.05) is 60.7 Å². The molecule has 2 heterocycles. The van der Waals surface area contributed by atoms with Crippen molar-refractivity contribution >= 4 is 76.1 Å². The Balaban J connectivity index is 1.45. The van der Waals surface area contributed by atoms with Crippen molar-refractivity contribution in [3.05, 3.63) is 102 Å². The molecule has 4 aromatic rings. The molecule has 25 nitrogen and oxygen atoms in total. The molecule has 0 spiro atoms. The van der Waals surface area contributed by atoms with E-state index in [1.165, 1.54) is 12.1 Å². The van der Waals surface area contributed by atoms with Crippen LogP contribution in [0.1, 0.15) is 129 Å². The summed E-state index contributed by atoms with van der Waals surface area (Å²) in [6, 6.07) is 13.4. The van der Waals surface area contributed by atoms with E-state index in [1.807, 2.05) is 6.07 Å². The molecular formula is C62H85N11O14. The van der Waals surface area contributed by atoms with Crippen LogP contribution in [0.2, 0.25) is 0 Å². The summed E-state index contributed by atoms with van der Waals surface area (Å²) in [5, 5.41) is 34.7. The lowest BCUT2D eigenvalue weighted by Gasteiger charge is -2.27. The highest BCUT2D eigenvalue weighted by Crippen LogP contribution is 2.20. The van der Waals surface area contributed by atoms with Crippen LogP contribution >= 0.6 is 0 Å². The Labute approximate surface area is 506 Å². The predicted octanol–water partition coefficient (Wildman–Crippen LogP) is 2.70. The zero-order valence-corrected chi connectivity index (χ0v) is 50.4. The molecule has 10 amide bonds. The van der Waals surface area contributed by atoms with Crippen LogP contribution in [0.25, 0.3) is 10.9 Å². The monoisotopic (exact) mass is 1210 g/mol. The maximum atomic E-state index is 14.8. The molecule has 1 aromatic heterocycles. The third kappa shape index (κ3) is 25.2. The Bertz CT molecular complexity index is 3010. The lowest BCUT2D eigenvalue weighted by molar-refractivity contribution is -0.156. The summed E-state index contributed by atoms with van der Waals surface area (Å²) >= 11 is 0. The van der Waals surface area contributed by atoms with Crippen molar-refractivity contribution in [2.45, 2.75) is 179 Å². The maximum absolute atomic E-state index is 14.8. The number of ether oxygens (including phenoxy) is 2. The van der Waals surface area contributed by atoms with E-state index in [-0.39, 0.29) is 88.4 Å². The maximum Gasteiger partial charge on any atom is 0.408 e. The normalized spacial score (nSPS) is 18.7. The molecule has 1 fully saturated rings. The fourth-order valence-corrected chi connectivity index (χ4v) is 9.40. The van der Waals surface area contributed by atoms with Crippen molar-refractivity contribution in [1.82, 2.24) is 52.8 Å². The lowest BCUT2D eigenvalue weighted by Crippen LogP contribution is -2.59. The number of phenolic OH excluding ortho intramolecular Hbond substituents is 1. The number of phenols is 1. The molecule has 5 rings (SSSR count). The molecule has 13 N–H and O–H groups in total. The van der Waals surface area contributed by atoms with Crippen LogP contribution in [0.5, 0.6) is 5.75 Å². The molecule has 6 atom stereocenters. The predicted molar refractivity (Wildman–Crippen MR) is 322 cm³/mol. The Morgan fingerprint density at radius 1 is 0.621 bits per heavy atom. The number of amides is 10. The van der Waals surface area contributed by atoms with Crippen LogP contribution in [0.4, 0.5) is 4.79 Å². The number of rotatable bonds is 16. The second-order valence-corrected chi connectivity index (χ2v) is 23.5. The van der Waals surface area contributed by atoms with Gasteiger partial charge in [-0.3, -0.25) is 47.9 Å². The van der Waals surface area contributed by atoms with Gasteiger partial charge in [0.2, 0.25) is 53.2 Å². The van der Waals surface area contributed by atoms with Gasteiger partial charge in [-0.15, -0.1) is 0 Å². The fourth-order valence-electron chi connectivity index (χ4n) is 9.40. The number of aromatic amines is 1. The van der Waals surface area contributed by atoms with E-state index >= 15 is 0 Å². The number of nitrogens with one attached hydrogen (secondary N) is 10. The molecule has 1 saturated heterocycles. The molecule has 0 unspecified atom stereocenters. The number of carbonyl (C=O) groups is 11. The van der Waals surface area contributed by atoms with E-state index in [2.05, 4.69) is 52.8 Å². The summed E-state index contributed by atoms with van der Waals surface area (Å²) < 4.78 is 11.0. The van der Waals surface area contributed by atoms with Gasteiger partial charge in [0.05, 0.1) is 13.0 Å². The molecule has 0 bridgehead atoms. The first kappa shape index (κ1) is 68.7. The highest BCUT2D eigenvalue weighted by atomic mass is 16.6. The third-order valence-electron chi connectivity index (χ3n) is 13.7. The zero-order chi connectivity index (χ0) is 63.7. The molecule has 1 aliphatic heterocycles. The molecule has 472 valence electrons. The number of H-pyrrole nitrogens is 1. The number of primary amides is 1. The number of nitrogens with two attached hydrogens (primary N) is 1. The highest BCUT2D eigenvalue weighted by Gasteiger charge is 2.35. The van der Waals surface area contributed by atoms with E-state index < -0.39 is 114 Å². The number of carbonyl (C=O) groups excluding carboxylic acids is 11. The highest BCUT2D eigenvalue weighted by molar-refractivity contribution is 5.98. The Kier molecular flexibility index (Phi) is 26.6. The smallest absolute Gasteiger partial charge is 0.408 e. The minimum absolute atomic E-state index is 0.00269. The van der Waals surface area contributed by atoms with Crippen molar-refractivity contribution in [2.75, 3.05) is 19.6 Å². The van der Waals surface area contributed by atoms with Gasteiger partial charge in [-0.05, 0) is 128 Å². The summed E-state index contributed by atoms with van der Waals surface area (Å²) in [4.78, 5) is 154. The van der Waals surface area contributed by atoms with Crippen LogP contribution in [0.15, 0.2) is 85.1 Å². The van der Waals surface area contributed by atoms with E-state index in [0.29, 0.717) is 53.3 Å². The second kappa shape index (κ2) is 33.6. The van der Waals surface area contributed by atoms with E-state index in [4.69, 9.17) is 15.2 Å². The summed E-state index contributed by atoms with van der Waals surface area (Å²) in [7, 11) is 0. The largest absolute Gasteiger partial charge is 0.508 e. The quantitative estimate of drug-likeness (QED) is 0.0718. The van der Waals surface area contributed by atoms with Gasteiger partial charge in [0, 0.05) is 62.3 Å². The zero-order valence-electron chi connectivity index (χ0n) is 50.4. The molecule has 25 heteroatoms. The van der Waals surface area contributed by atoms with Gasteiger partial charge in [-0.25, -0.2) is 4.79 Å². The summed E-state index contributed by atoms with van der Waals surface area (Å²) in [5.74, 6) is -7.55. The van der Waals surface area contributed by atoms with Crippen molar-refractivity contribution in [3.8, 4) is 5.75 Å². The number of aromatic nitrogens is 1. The molecule has 3 aromatic carbocycles. The molecule has 0 saturated carbocycles. The number of para-hydroxylation sites is 1. The Morgan fingerprint density at radius 3 is 1.85 bits per heavy atom. The topological polar surface area (TPSA) is 377 Å². The average molecular weight is 1210 g/mol. The number of benzene rings is 3. The molecule has 0 radical (unpaired) electrons. The first-order valence-corrected chi connectivity index (χ1v) is 29.4. The first-order valence-electron chi connectivity index (χ1n) is 29.4. The van der Waals surface area contributed by atoms with Crippen molar-refractivity contribution < 1.29 is 67.3 Å². The summed E-state index contributed by atoms with van der Waals surface area (Å²) in [6.45, 7) is 9.45. The average Bonchev–Trinajstić information content (AvgIpc) is 2.18. The molecule has 0 aliphatic carbocycles. The molecule has 87 heavy (non-hydrogen) atoms. The lowest BCUT2D eigenvalue weighted by atomic mass is 10.0. The number of alkyl carbamates (subject to hydrolysis) is 1. The Hall–Kier alpha value is -9.03. The summed E-state index contributed by atoms with van der Waals surface area (Å²) in [5.41, 5.74) is 6.29. The van der Waals surface area contributed by atoms with Gasteiger partial charge in [0.1, 0.15) is 53.2 Å². The van der Waals surface area contributed by atoms with Crippen LogP contribution in [0, 0.1) is 0 Å².